The lowest BCUT2D eigenvalue weighted by molar-refractivity contribution is 0.0995. The molecule has 19 heavy (non-hydrogen) atoms. The topological polar surface area (TPSA) is 65.1 Å². The molecule has 2 atom stereocenters. The number of nitrogens with two attached hydrogens (primary N) is 1. The number of hydrogen-bond donors (Lipinski definition) is 2. The maximum absolute atomic E-state index is 5.68. The van der Waals surface area contributed by atoms with Crippen molar-refractivity contribution in [2.45, 2.75) is 51.2 Å². The van der Waals surface area contributed by atoms with Crippen LogP contribution in [0.15, 0.2) is 4.47 Å². The Morgan fingerprint density at radius 3 is 2.95 bits per heavy atom. The Labute approximate surface area is 123 Å². The van der Waals surface area contributed by atoms with Crippen molar-refractivity contribution in [3.63, 3.8) is 0 Å². The molecule has 5 nitrogen and oxygen atoms in total. The van der Waals surface area contributed by atoms with Gasteiger partial charge in [-0.3, -0.25) is 16.0 Å². The zero-order valence-electron chi connectivity index (χ0n) is 11.7. The standard InChI is InChI=1S/C13H23BrN4O/c1-9-13(14)12(18(2)17-9)8-10(16-15)5-6-11-4-3-7-19-11/h10-11,16H,3-8,15H2,1-2H3. The highest BCUT2D eigenvalue weighted by Crippen LogP contribution is 2.23. The lowest BCUT2D eigenvalue weighted by Gasteiger charge is -2.18. The first kappa shape index (κ1) is 15.0. The van der Waals surface area contributed by atoms with E-state index in [1.54, 1.807) is 0 Å². The zero-order valence-corrected chi connectivity index (χ0v) is 13.2. The molecule has 2 heterocycles. The molecular weight excluding hydrogens is 308 g/mol. The summed E-state index contributed by atoms with van der Waals surface area (Å²) in [6, 6.07) is 0.260. The van der Waals surface area contributed by atoms with Gasteiger partial charge in [-0.15, -0.1) is 0 Å². The second kappa shape index (κ2) is 6.83. The Kier molecular flexibility index (Phi) is 5.38. The predicted molar refractivity (Wildman–Crippen MR) is 78.7 cm³/mol. The minimum atomic E-state index is 0.260. The highest BCUT2D eigenvalue weighted by molar-refractivity contribution is 9.10. The van der Waals surface area contributed by atoms with Gasteiger partial charge in [-0.1, -0.05) is 0 Å². The van der Waals surface area contributed by atoms with Gasteiger partial charge in [0.1, 0.15) is 0 Å². The maximum atomic E-state index is 5.68. The second-order valence-corrected chi connectivity index (χ2v) is 6.04. The third-order valence-electron chi connectivity index (χ3n) is 3.80. The van der Waals surface area contributed by atoms with Gasteiger partial charge in [0.25, 0.3) is 0 Å². The Morgan fingerprint density at radius 1 is 1.63 bits per heavy atom. The zero-order chi connectivity index (χ0) is 13.8. The van der Waals surface area contributed by atoms with E-state index in [1.165, 1.54) is 18.5 Å². The van der Waals surface area contributed by atoms with E-state index >= 15 is 0 Å². The summed E-state index contributed by atoms with van der Waals surface area (Å²) in [5, 5.41) is 4.41. The lowest BCUT2D eigenvalue weighted by atomic mass is 10.0. The SMILES string of the molecule is Cc1nn(C)c(CC(CCC2CCCO2)NN)c1Br. The molecule has 1 aromatic rings. The number of aryl methyl sites for hydroxylation is 2. The fraction of sp³-hybridized carbons (Fsp3) is 0.769. The van der Waals surface area contributed by atoms with E-state index in [9.17, 15) is 0 Å². The molecule has 0 aliphatic carbocycles. The molecule has 2 rings (SSSR count). The van der Waals surface area contributed by atoms with Crippen molar-refractivity contribution in [3.05, 3.63) is 15.9 Å². The number of halogens is 1. The van der Waals surface area contributed by atoms with Gasteiger partial charge in [-0.25, -0.2) is 0 Å². The van der Waals surface area contributed by atoms with Crippen LogP contribution in [0.2, 0.25) is 0 Å². The number of nitrogens with one attached hydrogen (secondary N) is 1. The minimum absolute atomic E-state index is 0.260. The average molecular weight is 331 g/mol. The Bertz CT molecular complexity index is 415. The molecular formula is C13H23BrN4O. The molecule has 3 N–H and O–H groups in total. The molecule has 1 fully saturated rings. The molecule has 1 aliphatic rings. The molecule has 0 spiro atoms. The summed E-state index contributed by atoms with van der Waals surface area (Å²) in [5.41, 5.74) is 5.13. The summed E-state index contributed by atoms with van der Waals surface area (Å²) in [5.74, 6) is 5.68. The second-order valence-electron chi connectivity index (χ2n) is 5.25. The van der Waals surface area contributed by atoms with Crippen molar-refractivity contribution in [2.24, 2.45) is 12.9 Å². The molecule has 108 valence electrons. The molecule has 1 saturated heterocycles. The van der Waals surface area contributed by atoms with Crippen LogP contribution in [0, 0.1) is 6.92 Å². The van der Waals surface area contributed by atoms with Crippen LogP contribution in [0.5, 0.6) is 0 Å². The van der Waals surface area contributed by atoms with Crippen molar-refractivity contribution >= 4 is 15.9 Å². The van der Waals surface area contributed by atoms with Crippen molar-refractivity contribution in [1.82, 2.24) is 15.2 Å². The van der Waals surface area contributed by atoms with Gasteiger partial charge < -0.3 is 4.74 Å². The van der Waals surface area contributed by atoms with Crippen LogP contribution in [0.25, 0.3) is 0 Å². The Hall–Kier alpha value is -0.430. The lowest BCUT2D eigenvalue weighted by Crippen LogP contribution is -2.37. The number of aromatic nitrogens is 2. The van der Waals surface area contributed by atoms with Crippen LogP contribution in [0.4, 0.5) is 0 Å². The first-order valence-corrected chi connectivity index (χ1v) is 7.66. The van der Waals surface area contributed by atoms with E-state index in [0.717, 1.165) is 36.0 Å². The molecule has 0 aromatic carbocycles. The van der Waals surface area contributed by atoms with Crippen LogP contribution in [-0.2, 0) is 18.2 Å². The van der Waals surface area contributed by atoms with E-state index in [2.05, 4.69) is 26.5 Å². The fourth-order valence-corrected chi connectivity index (χ4v) is 3.14. The third kappa shape index (κ3) is 3.78. The molecule has 0 bridgehead atoms. The summed E-state index contributed by atoms with van der Waals surface area (Å²) < 4.78 is 8.67. The van der Waals surface area contributed by atoms with Crippen molar-refractivity contribution < 1.29 is 4.74 Å². The summed E-state index contributed by atoms with van der Waals surface area (Å²) in [6.07, 6.45) is 5.78. The maximum Gasteiger partial charge on any atom is 0.0738 e. The summed E-state index contributed by atoms with van der Waals surface area (Å²) in [4.78, 5) is 0. The van der Waals surface area contributed by atoms with Crippen molar-refractivity contribution in [1.29, 1.82) is 0 Å². The molecule has 0 radical (unpaired) electrons. The highest BCUT2D eigenvalue weighted by atomic mass is 79.9. The molecule has 2 unspecified atom stereocenters. The highest BCUT2D eigenvalue weighted by Gasteiger charge is 2.20. The van der Waals surface area contributed by atoms with E-state index < -0.39 is 0 Å². The van der Waals surface area contributed by atoms with Gasteiger partial charge in [-0.05, 0) is 48.5 Å². The van der Waals surface area contributed by atoms with Crippen molar-refractivity contribution in [3.8, 4) is 0 Å². The summed E-state index contributed by atoms with van der Waals surface area (Å²) in [7, 11) is 1.97. The van der Waals surface area contributed by atoms with E-state index in [-0.39, 0.29) is 6.04 Å². The normalized spacial score (nSPS) is 20.9. The van der Waals surface area contributed by atoms with Gasteiger partial charge in [0, 0.05) is 26.1 Å². The van der Waals surface area contributed by atoms with E-state index in [1.807, 2.05) is 18.7 Å². The van der Waals surface area contributed by atoms with Gasteiger partial charge in [-0.2, -0.15) is 5.10 Å². The third-order valence-corrected chi connectivity index (χ3v) is 4.83. The molecule has 6 heteroatoms. The minimum Gasteiger partial charge on any atom is -0.378 e. The van der Waals surface area contributed by atoms with E-state index in [0.29, 0.717) is 6.10 Å². The van der Waals surface area contributed by atoms with Gasteiger partial charge in [0.05, 0.1) is 22.0 Å². The number of ether oxygens (including phenoxy) is 1. The Morgan fingerprint density at radius 2 is 2.42 bits per heavy atom. The molecule has 0 amide bonds. The Balaban J connectivity index is 1.90. The van der Waals surface area contributed by atoms with E-state index in [4.69, 9.17) is 10.6 Å². The predicted octanol–water partition coefficient (Wildman–Crippen LogP) is 1.82. The van der Waals surface area contributed by atoms with Crippen LogP contribution in [0.3, 0.4) is 0 Å². The molecule has 1 aromatic heterocycles. The monoisotopic (exact) mass is 330 g/mol. The summed E-state index contributed by atoms with van der Waals surface area (Å²) in [6.45, 7) is 2.92. The molecule has 1 aliphatic heterocycles. The molecule has 0 saturated carbocycles. The number of rotatable bonds is 6. The largest absolute Gasteiger partial charge is 0.378 e. The first-order valence-electron chi connectivity index (χ1n) is 6.87. The number of hydrogen-bond acceptors (Lipinski definition) is 4. The van der Waals surface area contributed by atoms with Gasteiger partial charge in [0.15, 0.2) is 0 Å². The quantitative estimate of drug-likeness (QED) is 0.617. The summed E-state index contributed by atoms with van der Waals surface area (Å²) >= 11 is 3.60. The van der Waals surface area contributed by atoms with Crippen molar-refractivity contribution in [2.75, 3.05) is 6.61 Å². The smallest absolute Gasteiger partial charge is 0.0738 e. The average Bonchev–Trinajstić information content (AvgIpc) is 2.98. The van der Waals surface area contributed by atoms with Crippen LogP contribution >= 0.6 is 15.9 Å². The van der Waals surface area contributed by atoms with Gasteiger partial charge in [0.2, 0.25) is 0 Å². The number of hydrazine groups is 1. The first-order chi connectivity index (χ1) is 9.11. The van der Waals surface area contributed by atoms with Crippen LogP contribution in [0.1, 0.15) is 37.1 Å². The number of nitrogens with zero attached hydrogens (tertiary/aromatic N) is 2. The van der Waals surface area contributed by atoms with Gasteiger partial charge >= 0.3 is 0 Å². The van der Waals surface area contributed by atoms with Crippen LogP contribution < -0.4 is 11.3 Å². The van der Waals surface area contributed by atoms with Crippen LogP contribution in [-0.4, -0.2) is 28.5 Å². The fourth-order valence-electron chi connectivity index (χ4n) is 2.64.